The number of ether oxygens (including phenoxy) is 1. The van der Waals surface area contributed by atoms with Crippen molar-refractivity contribution in [2.24, 2.45) is 4.99 Å². The smallest absolute Gasteiger partial charge is 0.416 e. The van der Waals surface area contributed by atoms with Crippen LogP contribution in [0.4, 0.5) is 13.2 Å². The van der Waals surface area contributed by atoms with E-state index in [1.54, 1.807) is 6.20 Å². The third kappa shape index (κ3) is 6.62. The van der Waals surface area contributed by atoms with E-state index in [1.165, 1.54) is 12.1 Å². The minimum Gasteiger partial charge on any atom is -0.492 e. The van der Waals surface area contributed by atoms with Crippen LogP contribution in [0.3, 0.4) is 0 Å². The van der Waals surface area contributed by atoms with Crippen LogP contribution in [0.25, 0.3) is 0 Å². The maximum absolute atomic E-state index is 12.5. The van der Waals surface area contributed by atoms with Crippen LogP contribution in [0.2, 0.25) is 0 Å². The SMILES string of the molecule is CCNC(=NCc1ccccn1)NCCOc1ccc(C(F)(F)F)cc1. The molecule has 2 aromatic rings. The molecule has 0 amide bonds. The highest BCUT2D eigenvalue weighted by atomic mass is 19.4. The lowest BCUT2D eigenvalue weighted by Gasteiger charge is -2.12. The van der Waals surface area contributed by atoms with Crippen molar-refractivity contribution >= 4 is 5.96 Å². The second-order valence-electron chi connectivity index (χ2n) is 5.31. The molecule has 0 unspecified atom stereocenters. The van der Waals surface area contributed by atoms with Crippen molar-refractivity contribution in [3.63, 3.8) is 0 Å². The largest absolute Gasteiger partial charge is 0.492 e. The van der Waals surface area contributed by atoms with Crippen LogP contribution in [0.15, 0.2) is 53.7 Å². The Morgan fingerprint density at radius 2 is 1.88 bits per heavy atom. The molecule has 2 N–H and O–H groups in total. The van der Waals surface area contributed by atoms with E-state index in [4.69, 9.17) is 4.74 Å². The number of nitrogens with one attached hydrogen (secondary N) is 2. The molecule has 140 valence electrons. The number of rotatable bonds is 7. The van der Waals surface area contributed by atoms with Crippen molar-refractivity contribution in [2.75, 3.05) is 19.7 Å². The summed E-state index contributed by atoms with van der Waals surface area (Å²) in [6, 6.07) is 10.3. The zero-order valence-corrected chi connectivity index (χ0v) is 14.4. The van der Waals surface area contributed by atoms with Gasteiger partial charge in [0.1, 0.15) is 12.4 Å². The molecule has 0 bridgehead atoms. The summed E-state index contributed by atoms with van der Waals surface area (Å²) in [7, 11) is 0. The van der Waals surface area contributed by atoms with Crippen LogP contribution >= 0.6 is 0 Å². The molecule has 0 radical (unpaired) electrons. The normalized spacial score (nSPS) is 11.9. The molecule has 1 aromatic carbocycles. The van der Waals surface area contributed by atoms with Gasteiger partial charge in [0, 0.05) is 12.7 Å². The Kier molecular flexibility index (Phi) is 7.25. The summed E-state index contributed by atoms with van der Waals surface area (Å²) in [5.74, 6) is 1.00. The quantitative estimate of drug-likeness (QED) is 0.449. The van der Waals surface area contributed by atoms with Gasteiger partial charge in [-0.3, -0.25) is 4.98 Å². The van der Waals surface area contributed by atoms with Crippen LogP contribution in [0.1, 0.15) is 18.2 Å². The van der Waals surface area contributed by atoms with Crippen molar-refractivity contribution in [3.05, 3.63) is 59.9 Å². The second kappa shape index (κ2) is 9.65. The summed E-state index contributed by atoms with van der Waals surface area (Å²) in [5, 5.41) is 6.21. The lowest BCUT2D eigenvalue weighted by atomic mass is 10.2. The summed E-state index contributed by atoms with van der Waals surface area (Å²) < 4.78 is 43.0. The van der Waals surface area contributed by atoms with Crippen LogP contribution in [-0.4, -0.2) is 30.6 Å². The molecule has 0 aliphatic rings. The molecule has 0 fully saturated rings. The Balaban J connectivity index is 1.78. The lowest BCUT2D eigenvalue weighted by Crippen LogP contribution is -2.39. The van der Waals surface area contributed by atoms with Crippen LogP contribution in [-0.2, 0) is 12.7 Å². The number of guanidine groups is 1. The molecule has 0 aliphatic heterocycles. The zero-order chi connectivity index (χ0) is 18.8. The van der Waals surface area contributed by atoms with Gasteiger partial charge in [-0.2, -0.15) is 13.2 Å². The monoisotopic (exact) mass is 366 g/mol. The maximum atomic E-state index is 12.5. The van der Waals surface area contributed by atoms with E-state index in [9.17, 15) is 13.2 Å². The first-order valence-corrected chi connectivity index (χ1v) is 8.21. The van der Waals surface area contributed by atoms with Gasteiger partial charge in [-0.05, 0) is 43.3 Å². The second-order valence-corrected chi connectivity index (χ2v) is 5.31. The molecule has 0 aliphatic carbocycles. The van der Waals surface area contributed by atoms with E-state index in [1.807, 2.05) is 25.1 Å². The first kappa shape index (κ1) is 19.6. The van der Waals surface area contributed by atoms with Crippen molar-refractivity contribution in [1.82, 2.24) is 15.6 Å². The molecular weight excluding hydrogens is 345 g/mol. The molecule has 0 saturated heterocycles. The number of hydrogen-bond acceptors (Lipinski definition) is 3. The zero-order valence-electron chi connectivity index (χ0n) is 14.4. The standard InChI is InChI=1S/C18H21F3N4O/c1-2-22-17(25-13-15-5-3-4-10-23-15)24-11-12-26-16-8-6-14(7-9-16)18(19,20)21/h3-10H,2,11-13H2,1H3,(H2,22,24,25). The van der Waals surface area contributed by atoms with Gasteiger partial charge in [0.05, 0.1) is 24.3 Å². The molecule has 5 nitrogen and oxygen atoms in total. The van der Waals surface area contributed by atoms with Crippen molar-refractivity contribution < 1.29 is 17.9 Å². The summed E-state index contributed by atoms with van der Waals surface area (Å²) in [6.07, 6.45) is -2.63. The summed E-state index contributed by atoms with van der Waals surface area (Å²) >= 11 is 0. The van der Waals surface area contributed by atoms with Gasteiger partial charge in [0.2, 0.25) is 0 Å². The minimum atomic E-state index is -4.34. The van der Waals surface area contributed by atoms with E-state index in [-0.39, 0.29) is 0 Å². The summed E-state index contributed by atoms with van der Waals surface area (Å²) in [6.45, 7) is 3.84. The first-order chi connectivity index (χ1) is 12.5. The Morgan fingerprint density at radius 3 is 2.50 bits per heavy atom. The number of benzene rings is 1. The third-order valence-electron chi connectivity index (χ3n) is 3.31. The number of aliphatic imine (C=N–C) groups is 1. The van der Waals surface area contributed by atoms with Gasteiger partial charge in [-0.25, -0.2) is 4.99 Å². The van der Waals surface area contributed by atoms with Gasteiger partial charge in [-0.15, -0.1) is 0 Å². The van der Waals surface area contributed by atoms with E-state index in [2.05, 4.69) is 20.6 Å². The number of halogens is 3. The number of alkyl halides is 3. The van der Waals surface area contributed by atoms with Crippen LogP contribution in [0, 0.1) is 0 Å². The maximum Gasteiger partial charge on any atom is 0.416 e. The molecule has 0 spiro atoms. The van der Waals surface area contributed by atoms with Crippen LogP contribution < -0.4 is 15.4 Å². The van der Waals surface area contributed by atoms with E-state index in [0.717, 1.165) is 17.8 Å². The molecule has 0 saturated carbocycles. The fourth-order valence-electron chi connectivity index (χ4n) is 2.07. The highest BCUT2D eigenvalue weighted by Gasteiger charge is 2.29. The molecular formula is C18H21F3N4O. The van der Waals surface area contributed by atoms with Crippen molar-refractivity contribution in [2.45, 2.75) is 19.6 Å². The van der Waals surface area contributed by atoms with Gasteiger partial charge in [0.15, 0.2) is 5.96 Å². The minimum absolute atomic E-state index is 0.291. The number of nitrogens with zero attached hydrogens (tertiary/aromatic N) is 2. The van der Waals surface area contributed by atoms with E-state index >= 15 is 0 Å². The third-order valence-corrected chi connectivity index (χ3v) is 3.31. The molecule has 2 rings (SSSR count). The molecule has 0 atom stereocenters. The van der Waals surface area contributed by atoms with Crippen LogP contribution in [0.5, 0.6) is 5.75 Å². The Labute approximate surface area is 150 Å². The van der Waals surface area contributed by atoms with Gasteiger partial charge in [0.25, 0.3) is 0 Å². The van der Waals surface area contributed by atoms with E-state index in [0.29, 0.717) is 38.0 Å². The van der Waals surface area contributed by atoms with Crippen molar-refractivity contribution in [3.8, 4) is 5.75 Å². The number of aromatic nitrogens is 1. The summed E-state index contributed by atoms with van der Waals surface area (Å²) in [5.41, 5.74) is 0.157. The average Bonchev–Trinajstić information content (AvgIpc) is 2.63. The summed E-state index contributed by atoms with van der Waals surface area (Å²) in [4.78, 5) is 8.62. The molecule has 1 heterocycles. The average molecular weight is 366 g/mol. The molecule has 8 heteroatoms. The van der Waals surface area contributed by atoms with Crippen molar-refractivity contribution in [1.29, 1.82) is 0 Å². The highest BCUT2D eigenvalue weighted by Crippen LogP contribution is 2.30. The van der Waals surface area contributed by atoms with E-state index < -0.39 is 11.7 Å². The lowest BCUT2D eigenvalue weighted by molar-refractivity contribution is -0.137. The Morgan fingerprint density at radius 1 is 1.12 bits per heavy atom. The van der Waals surface area contributed by atoms with Gasteiger partial charge < -0.3 is 15.4 Å². The molecule has 1 aromatic heterocycles. The Hall–Kier alpha value is -2.77. The van der Waals surface area contributed by atoms with Gasteiger partial charge >= 0.3 is 6.18 Å². The number of pyridine rings is 1. The fourth-order valence-corrected chi connectivity index (χ4v) is 2.07. The first-order valence-electron chi connectivity index (χ1n) is 8.21. The number of hydrogen-bond donors (Lipinski definition) is 2. The fraction of sp³-hybridized carbons (Fsp3) is 0.333. The highest BCUT2D eigenvalue weighted by molar-refractivity contribution is 5.79. The predicted molar refractivity (Wildman–Crippen MR) is 94.0 cm³/mol. The Bertz CT molecular complexity index is 688. The predicted octanol–water partition coefficient (Wildman–Crippen LogP) is 3.23. The molecule has 26 heavy (non-hydrogen) atoms. The topological polar surface area (TPSA) is 58.5 Å². The van der Waals surface area contributed by atoms with Gasteiger partial charge in [-0.1, -0.05) is 6.07 Å².